The second-order valence-corrected chi connectivity index (χ2v) is 7.45. The average molecular weight is 398 g/mol. The first kappa shape index (κ1) is 18.6. The lowest BCUT2D eigenvalue weighted by Crippen LogP contribution is -2.54. The maximum absolute atomic E-state index is 13.7. The van der Waals surface area contributed by atoms with Crippen LogP contribution >= 0.6 is 11.3 Å². The van der Waals surface area contributed by atoms with Crippen molar-refractivity contribution >= 4 is 17.2 Å². The van der Waals surface area contributed by atoms with Gasteiger partial charge in [0.1, 0.15) is 10.7 Å². The zero-order chi connectivity index (χ0) is 19.5. The van der Waals surface area contributed by atoms with Crippen molar-refractivity contribution in [3.8, 4) is 10.8 Å². The second kappa shape index (κ2) is 8.12. The molecule has 1 aliphatic rings. The number of ether oxygens (including phenoxy) is 1. The van der Waals surface area contributed by atoms with Crippen molar-refractivity contribution in [3.63, 3.8) is 0 Å². The van der Waals surface area contributed by atoms with Crippen LogP contribution in [0.2, 0.25) is 0 Å². The summed E-state index contributed by atoms with van der Waals surface area (Å²) in [4.78, 5) is 28.2. The molecular formula is C20H19FN4O2S. The highest BCUT2D eigenvalue weighted by Crippen LogP contribution is 2.29. The Hall–Kier alpha value is -2.71. The molecule has 0 radical (unpaired) electrons. The fourth-order valence-electron chi connectivity index (χ4n) is 2.94. The lowest BCUT2D eigenvalue weighted by atomic mass is 10.1. The summed E-state index contributed by atoms with van der Waals surface area (Å²) in [5.74, 6) is 0.195. The number of carbonyl (C=O) groups is 1. The van der Waals surface area contributed by atoms with E-state index >= 15 is 0 Å². The summed E-state index contributed by atoms with van der Waals surface area (Å²) in [6.45, 7) is 3.16. The second-order valence-electron chi connectivity index (χ2n) is 6.46. The van der Waals surface area contributed by atoms with Gasteiger partial charge in [-0.15, -0.1) is 11.3 Å². The Kier molecular flexibility index (Phi) is 5.40. The highest BCUT2D eigenvalue weighted by atomic mass is 32.1. The SMILES string of the molecule is CCc1nc(-c2ncccn2)sc1C(=O)N1CC(OCc2ccccc2F)C1. The molecule has 1 amide bonds. The quantitative estimate of drug-likeness (QED) is 0.637. The van der Waals surface area contributed by atoms with Crippen LogP contribution in [0.3, 0.4) is 0 Å². The van der Waals surface area contributed by atoms with Crippen LogP contribution in [-0.4, -0.2) is 45.0 Å². The van der Waals surface area contributed by atoms with Crippen LogP contribution in [0, 0.1) is 5.82 Å². The van der Waals surface area contributed by atoms with E-state index in [0.717, 1.165) is 5.69 Å². The molecule has 6 nitrogen and oxygen atoms in total. The predicted octanol–water partition coefficient (Wildman–Crippen LogP) is 3.34. The van der Waals surface area contributed by atoms with Gasteiger partial charge in [0.2, 0.25) is 0 Å². The van der Waals surface area contributed by atoms with E-state index in [9.17, 15) is 9.18 Å². The number of thiazole rings is 1. The number of halogens is 1. The first-order valence-corrected chi connectivity index (χ1v) is 9.88. The van der Waals surface area contributed by atoms with Crippen LogP contribution in [0.1, 0.15) is 27.9 Å². The van der Waals surface area contributed by atoms with Gasteiger partial charge >= 0.3 is 0 Å². The number of rotatable bonds is 6. The molecule has 0 saturated carbocycles. The molecule has 0 aliphatic carbocycles. The van der Waals surface area contributed by atoms with Crippen molar-refractivity contribution in [2.45, 2.75) is 26.1 Å². The highest BCUT2D eigenvalue weighted by molar-refractivity contribution is 7.17. The van der Waals surface area contributed by atoms with Gasteiger partial charge in [0.25, 0.3) is 5.91 Å². The molecule has 1 aliphatic heterocycles. The normalized spacial score (nSPS) is 14.1. The smallest absolute Gasteiger partial charge is 0.266 e. The van der Waals surface area contributed by atoms with Crippen molar-refractivity contribution in [2.24, 2.45) is 0 Å². The number of carbonyl (C=O) groups excluding carboxylic acids is 1. The van der Waals surface area contributed by atoms with E-state index in [4.69, 9.17) is 4.74 Å². The molecule has 28 heavy (non-hydrogen) atoms. The lowest BCUT2D eigenvalue weighted by Gasteiger charge is -2.38. The van der Waals surface area contributed by atoms with E-state index in [1.165, 1.54) is 17.4 Å². The summed E-state index contributed by atoms with van der Waals surface area (Å²) in [5.41, 5.74) is 1.28. The van der Waals surface area contributed by atoms with Crippen molar-refractivity contribution in [1.29, 1.82) is 0 Å². The molecule has 1 aromatic carbocycles. The van der Waals surface area contributed by atoms with Gasteiger partial charge in [-0.1, -0.05) is 25.1 Å². The summed E-state index contributed by atoms with van der Waals surface area (Å²) < 4.78 is 19.4. The zero-order valence-electron chi connectivity index (χ0n) is 15.3. The molecule has 0 unspecified atom stereocenters. The van der Waals surface area contributed by atoms with E-state index < -0.39 is 0 Å². The number of hydrogen-bond donors (Lipinski definition) is 0. The molecule has 0 N–H and O–H groups in total. The Bertz CT molecular complexity index is 973. The van der Waals surface area contributed by atoms with E-state index in [-0.39, 0.29) is 24.4 Å². The third-order valence-electron chi connectivity index (χ3n) is 4.55. The van der Waals surface area contributed by atoms with Crippen molar-refractivity contribution < 1.29 is 13.9 Å². The van der Waals surface area contributed by atoms with E-state index in [1.807, 2.05) is 6.92 Å². The van der Waals surface area contributed by atoms with Crippen LogP contribution in [0.25, 0.3) is 10.8 Å². The Morgan fingerprint density at radius 2 is 2.00 bits per heavy atom. The molecule has 8 heteroatoms. The number of amides is 1. The monoisotopic (exact) mass is 398 g/mol. The third kappa shape index (κ3) is 3.79. The molecular weight excluding hydrogens is 379 g/mol. The van der Waals surface area contributed by atoms with Gasteiger partial charge < -0.3 is 9.64 Å². The number of aryl methyl sites for hydroxylation is 1. The van der Waals surface area contributed by atoms with Crippen molar-refractivity contribution in [3.05, 3.63) is 64.7 Å². The van der Waals surface area contributed by atoms with Crippen molar-refractivity contribution in [2.75, 3.05) is 13.1 Å². The minimum absolute atomic E-state index is 0.0535. The van der Waals surface area contributed by atoms with Crippen LogP contribution < -0.4 is 0 Å². The van der Waals surface area contributed by atoms with Crippen molar-refractivity contribution in [1.82, 2.24) is 19.9 Å². The van der Waals surface area contributed by atoms with Gasteiger partial charge in [0.05, 0.1) is 18.4 Å². The maximum Gasteiger partial charge on any atom is 0.266 e. The maximum atomic E-state index is 13.7. The molecule has 3 aromatic rings. The minimum Gasteiger partial charge on any atom is -0.370 e. The van der Waals surface area contributed by atoms with Gasteiger partial charge in [-0.05, 0) is 18.6 Å². The fraction of sp³-hybridized carbons (Fsp3) is 0.300. The molecule has 1 saturated heterocycles. The molecule has 2 aromatic heterocycles. The van der Waals surface area contributed by atoms with Gasteiger partial charge in [0.15, 0.2) is 10.8 Å². The van der Waals surface area contributed by atoms with E-state index in [0.29, 0.717) is 40.8 Å². The molecule has 0 bridgehead atoms. The van der Waals surface area contributed by atoms with E-state index in [2.05, 4.69) is 15.0 Å². The summed E-state index contributed by atoms with van der Waals surface area (Å²) >= 11 is 1.32. The van der Waals surface area contributed by atoms with Crippen LogP contribution in [-0.2, 0) is 17.8 Å². The average Bonchev–Trinajstić information content (AvgIpc) is 3.13. The topological polar surface area (TPSA) is 68.2 Å². The van der Waals surface area contributed by atoms with Crippen LogP contribution in [0.5, 0.6) is 0 Å². The number of benzene rings is 1. The molecule has 0 spiro atoms. The largest absolute Gasteiger partial charge is 0.370 e. The van der Waals surface area contributed by atoms with Gasteiger partial charge in [0, 0.05) is 31.0 Å². The first-order valence-electron chi connectivity index (χ1n) is 9.07. The number of nitrogens with zero attached hydrogens (tertiary/aromatic N) is 4. The van der Waals surface area contributed by atoms with Gasteiger partial charge in [-0.3, -0.25) is 4.79 Å². The zero-order valence-corrected chi connectivity index (χ0v) is 16.2. The number of likely N-dealkylation sites (tertiary alicyclic amines) is 1. The number of hydrogen-bond acceptors (Lipinski definition) is 6. The molecule has 0 atom stereocenters. The lowest BCUT2D eigenvalue weighted by molar-refractivity contribution is -0.0508. The van der Waals surface area contributed by atoms with Gasteiger partial charge in [-0.25, -0.2) is 19.3 Å². The standard InChI is InChI=1S/C20H19FN4O2S/c1-2-16-17(28-19(24-16)18-22-8-5-9-23-18)20(26)25-10-14(11-25)27-12-13-6-3-4-7-15(13)21/h3-9,14H,2,10-12H2,1H3. The molecule has 144 valence electrons. The summed E-state index contributed by atoms with van der Waals surface area (Å²) in [6, 6.07) is 8.29. The Morgan fingerprint density at radius 1 is 1.25 bits per heavy atom. The first-order chi connectivity index (χ1) is 13.7. The molecule has 3 heterocycles. The summed E-state index contributed by atoms with van der Waals surface area (Å²) in [5, 5.41) is 0.647. The Labute approximate surface area is 166 Å². The molecule has 1 fully saturated rings. The summed E-state index contributed by atoms with van der Waals surface area (Å²) in [7, 11) is 0. The third-order valence-corrected chi connectivity index (χ3v) is 5.63. The summed E-state index contributed by atoms with van der Waals surface area (Å²) in [6.07, 6.45) is 3.89. The number of aromatic nitrogens is 3. The highest BCUT2D eigenvalue weighted by Gasteiger charge is 2.34. The fourth-order valence-corrected chi connectivity index (χ4v) is 4.01. The Balaban J connectivity index is 1.38. The van der Waals surface area contributed by atoms with Gasteiger partial charge in [-0.2, -0.15) is 0 Å². The minimum atomic E-state index is -0.275. The van der Waals surface area contributed by atoms with E-state index in [1.54, 1.807) is 41.6 Å². The van der Waals surface area contributed by atoms with Crippen LogP contribution in [0.15, 0.2) is 42.7 Å². The Morgan fingerprint density at radius 3 is 2.71 bits per heavy atom. The van der Waals surface area contributed by atoms with Crippen LogP contribution in [0.4, 0.5) is 4.39 Å². The predicted molar refractivity (Wildman–Crippen MR) is 103 cm³/mol. The molecule has 4 rings (SSSR count).